The molecule has 2 aliphatic rings. The zero-order valence-corrected chi connectivity index (χ0v) is 25.0. The summed E-state index contributed by atoms with van der Waals surface area (Å²) in [4.78, 5) is 30.0. The van der Waals surface area contributed by atoms with E-state index < -0.39 is 35.8 Å². The van der Waals surface area contributed by atoms with Crippen molar-refractivity contribution in [3.05, 3.63) is 107 Å². The molecule has 0 aromatic heterocycles. The lowest BCUT2D eigenvalue weighted by atomic mass is 9.92. The quantitative estimate of drug-likeness (QED) is 0.0730. The second-order valence-electron chi connectivity index (χ2n) is 11.2. The molecule has 0 N–H and O–H groups in total. The standard InChI is InChI=1S/C35H38F5NO3/c1-4-5-6-7-10-24(2)11-8-14-32(42)31-19-27-15-25(12-9-13-26(16-27)22-41-31)20-33(43)44-23-28-17-29(34(3,36)37)21-30(18-28)35(38,39)40/h4,8,14,16-21H,1-2,5-7,9-13,15,22-23H2,3H3. The summed E-state index contributed by atoms with van der Waals surface area (Å²) in [6, 6.07) is 1.99. The Bertz CT molecular complexity index is 1370. The Labute approximate surface area is 255 Å². The fraction of sp³-hybridized carbons (Fsp3) is 0.400. The van der Waals surface area contributed by atoms with Crippen LogP contribution in [-0.4, -0.2) is 24.0 Å². The lowest BCUT2D eigenvalue weighted by molar-refractivity contribution is -0.139. The highest BCUT2D eigenvalue weighted by Crippen LogP contribution is 2.35. The summed E-state index contributed by atoms with van der Waals surface area (Å²) >= 11 is 0. The molecule has 44 heavy (non-hydrogen) atoms. The lowest BCUT2D eigenvalue weighted by Gasteiger charge is -2.16. The highest BCUT2D eigenvalue weighted by molar-refractivity contribution is 6.48. The van der Waals surface area contributed by atoms with Gasteiger partial charge in [-0.15, -0.1) is 6.58 Å². The second kappa shape index (κ2) is 15.7. The maximum Gasteiger partial charge on any atom is 0.416 e. The molecule has 0 atom stereocenters. The summed E-state index contributed by atoms with van der Waals surface area (Å²) in [7, 11) is 0. The first-order valence-corrected chi connectivity index (χ1v) is 14.6. The van der Waals surface area contributed by atoms with Gasteiger partial charge < -0.3 is 4.74 Å². The Morgan fingerprint density at radius 1 is 1.05 bits per heavy atom. The van der Waals surface area contributed by atoms with Gasteiger partial charge >= 0.3 is 12.1 Å². The summed E-state index contributed by atoms with van der Waals surface area (Å²) in [6.07, 6.45) is 12.2. The molecule has 3 rings (SSSR count). The normalized spacial score (nSPS) is 16.8. The van der Waals surface area contributed by atoms with E-state index in [9.17, 15) is 31.5 Å². The number of rotatable bonds is 13. The predicted octanol–water partition coefficient (Wildman–Crippen LogP) is 9.49. The molecular weight excluding hydrogens is 577 g/mol. The van der Waals surface area contributed by atoms with Crippen LogP contribution in [0.4, 0.5) is 22.0 Å². The molecule has 0 amide bonds. The molecule has 1 aromatic rings. The number of unbranched alkanes of at least 4 members (excludes halogenated alkanes) is 2. The number of ether oxygens (including phenoxy) is 1. The van der Waals surface area contributed by atoms with Crippen molar-refractivity contribution in [2.45, 2.75) is 83.4 Å². The third-order valence-corrected chi connectivity index (χ3v) is 7.24. The third-order valence-electron chi connectivity index (χ3n) is 7.24. The maximum atomic E-state index is 13.8. The number of carbonyl (C=O) groups is 2. The number of ketones is 1. The van der Waals surface area contributed by atoms with Crippen LogP contribution < -0.4 is 0 Å². The molecular formula is C35H38F5NO3. The number of benzene rings is 1. The highest BCUT2D eigenvalue weighted by Gasteiger charge is 2.34. The molecule has 236 valence electrons. The van der Waals surface area contributed by atoms with Crippen LogP contribution >= 0.6 is 0 Å². The zero-order chi connectivity index (χ0) is 32.3. The van der Waals surface area contributed by atoms with E-state index in [1.54, 1.807) is 12.2 Å². The van der Waals surface area contributed by atoms with Gasteiger partial charge in [-0.1, -0.05) is 36.0 Å². The molecule has 2 bridgehead atoms. The molecule has 0 saturated heterocycles. The number of nitrogens with zero attached hydrogens (tertiary/aromatic N) is 1. The predicted molar refractivity (Wildman–Crippen MR) is 162 cm³/mol. The van der Waals surface area contributed by atoms with Gasteiger partial charge in [0.25, 0.3) is 5.92 Å². The number of halogens is 5. The monoisotopic (exact) mass is 615 g/mol. The van der Waals surface area contributed by atoms with Gasteiger partial charge in [-0.2, -0.15) is 13.2 Å². The van der Waals surface area contributed by atoms with Crippen LogP contribution in [0.5, 0.6) is 0 Å². The minimum atomic E-state index is -4.83. The van der Waals surface area contributed by atoms with Gasteiger partial charge in [-0.3, -0.25) is 9.79 Å². The topological polar surface area (TPSA) is 55.7 Å². The maximum absolute atomic E-state index is 13.8. The number of aliphatic imine (C=N–C) groups is 1. The van der Waals surface area contributed by atoms with Crippen LogP contribution in [0.3, 0.4) is 0 Å². The van der Waals surface area contributed by atoms with Crippen LogP contribution in [-0.2, 0) is 33.0 Å². The fourth-order valence-electron chi connectivity index (χ4n) is 4.92. The largest absolute Gasteiger partial charge is 0.458 e. The van der Waals surface area contributed by atoms with Crippen molar-refractivity contribution in [2.24, 2.45) is 4.99 Å². The first-order chi connectivity index (χ1) is 20.7. The van der Waals surface area contributed by atoms with E-state index in [1.807, 2.05) is 12.2 Å². The van der Waals surface area contributed by atoms with Crippen LogP contribution in [0.2, 0.25) is 0 Å². The van der Waals surface area contributed by atoms with Crippen LogP contribution in [0.25, 0.3) is 0 Å². The Morgan fingerprint density at radius 3 is 2.50 bits per heavy atom. The van der Waals surface area contributed by atoms with Crippen molar-refractivity contribution in [1.29, 1.82) is 0 Å². The van der Waals surface area contributed by atoms with Gasteiger partial charge in [0.05, 0.1) is 12.1 Å². The molecule has 1 heterocycles. The number of carbonyl (C=O) groups excluding carboxylic acids is 2. The van der Waals surface area contributed by atoms with Crippen molar-refractivity contribution in [1.82, 2.24) is 0 Å². The Kier molecular flexibility index (Phi) is 12.4. The zero-order valence-electron chi connectivity index (χ0n) is 25.0. The van der Waals surface area contributed by atoms with Crippen LogP contribution in [0.15, 0.2) is 95.1 Å². The number of alkyl halides is 5. The Hall–Kier alpha value is -3.88. The van der Waals surface area contributed by atoms with E-state index in [4.69, 9.17) is 4.74 Å². The molecule has 0 saturated carbocycles. The third kappa shape index (κ3) is 11.3. The van der Waals surface area contributed by atoms with Gasteiger partial charge in [0, 0.05) is 18.6 Å². The van der Waals surface area contributed by atoms with E-state index in [1.165, 1.54) is 12.2 Å². The minimum absolute atomic E-state index is 0.191. The average Bonchev–Trinajstić information content (AvgIpc) is 3.15. The lowest BCUT2D eigenvalue weighted by Crippen LogP contribution is -2.13. The molecule has 0 unspecified atom stereocenters. The van der Waals surface area contributed by atoms with Gasteiger partial charge in [-0.05, 0) is 105 Å². The van der Waals surface area contributed by atoms with Crippen molar-refractivity contribution in [2.75, 3.05) is 6.54 Å². The van der Waals surface area contributed by atoms with Gasteiger partial charge in [0.2, 0.25) is 5.78 Å². The van der Waals surface area contributed by atoms with E-state index in [-0.39, 0.29) is 11.3 Å². The minimum Gasteiger partial charge on any atom is -0.458 e. The number of hydrogen-bond donors (Lipinski definition) is 0. The SMILES string of the molecule is C=CCCCCC(=C)CC=CC(=O)C1=NCC2=CC(=C1)CC(=CC(=O)OCc1cc(C(C)(F)F)cc(C(F)(F)F)c1)CCC2. The first kappa shape index (κ1) is 34.6. The van der Waals surface area contributed by atoms with Gasteiger partial charge in [0.1, 0.15) is 12.3 Å². The van der Waals surface area contributed by atoms with E-state index in [2.05, 4.69) is 18.2 Å². The van der Waals surface area contributed by atoms with Crippen molar-refractivity contribution in [3.63, 3.8) is 0 Å². The molecule has 0 fully saturated rings. The number of fused-ring (bicyclic) bond motifs is 1. The smallest absolute Gasteiger partial charge is 0.416 e. The second-order valence-corrected chi connectivity index (χ2v) is 11.2. The van der Waals surface area contributed by atoms with Crippen LogP contribution in [0.1, 0.15) is 81.4 Å². The number of hydrogen-bond acceptors (Lipinski definition) is 4. The molecule has 4 nitrogen and oxygen atoms in total. The van der Waals surface area contributed by atoms with E-state index in [0.29, 0.717) is 57.0 Å². The first-order valence-electron chi connectivity index (χ1n) is 14.6. The van der Waals surface area contributed by atoms with Crippen LogP contribution in [0, 0.1) is 0 Å². The summed E-state index contributed by atoms with van der Waals surface area (Å²) in [6.45, 7) is 8.10. The molecule has 1 aromatic carbocycles. The summed E-state index contributed by atoms with van der Waals surface area (Å²) in [5, 5.41) is 0. The van der Waals surface area contributed by atoms with E-state index in [0.717, 1.165) is 60.5 Å². The Balaban J connectivity index is 1.66. The van der Waals surface area contributed by atoms with E-state index >= 15 is 0 Å². The molecule has 9 heteroatoms. The number of esters is 1. The molecule has 1 aliphatic heterocycles. The van der Waals surface area contributed by atoms with Crippen molar-refractivity contribution in [3.8, 4) is 0 Å². The summed E-state index contributed by atoms with van der Waals surface area (Å²) in [5.74, 6) is -4.52. The van der Waals surface area contributed by atoms with Gasteiger partial charge in [0.15, 0.2) is 0 Å². The highest BCUT2D eigenvalue weighted by atomic mass is 19.4. The Morgan fingerprint density at radius 2 is 1.80 bits per heavy atom. The van der Waals surface area contributed by atoms with Crippen molar-refractivity contribution < 1.29 is 36.3 Å². The summed E-state index contributed by atoms with van der Waals surface area (Å²) in [5.41, 5.74) is 1.71. The fourth-order valence-corrected chi connectivity index (χ4v) is 4.92. The average molecular weight is 616 g/mol. The summed E-state index contributed by atoms with van der Waals surface area (Å²) < 4.78 is 72.6. The molecule has 0 spiro atoms. The van der Waals surface area contributed by atoms with Gasteiger partial charge in [-0.25, -0.2) is 13.6 Å². The number of allylic oxidation sites excluding steroid dienone is 8. The molecule has 1 aliphatic carbocycles. The van der Waals surface area contributed by atoms with Crippen molar-refractivity contribution >= 4 is 17.5 Å². The molecule has 0 radical (unpaired) electrons.